The molecule has 0 aromatic heterocycles. The normalized spacial score (nSPS) is 12.0. The molecule has 2 heteroatoms. The number of alkyl halides is 1. The number of hydrogen-bond acceptors (Lipinski definition) is 1. The van der Waals surface area contributed by atoms with E-state index in [4.69, 9.17) is 0 Å². The van der Waals surface area contributed by atoms with Gasteiger partial charge in [-0.25, -0.2) is 0 Å². The summed E-state index contributed by atoms with van der Waals surface area (Å²) in [6.45, 7) is 6.86. The summed E-state index contributed by atoms with van der Waals surface area (Å²) in [6.07, 6.45) is 2.70. The molecule has 0 bridgehead atoms. The third-order valence-electron chi connectivity index (χ3n) is 1.71. The Morgan fingerprint density at radius 2 is 2.00 bits per heavy atom. The summed E-state index contributed by atoms with van der Waals surface area (Å²) >= 11 is 5.58. The second kappa shape index (κ2) is 6.36. The van der Waals surface area contributed by atoms with E-state index in [0.717, 1.165) is 5.33 Å². The Bertz CT molecular complexity index is 91.6. The fourth-order valence-electron chi connectivity index (χ4n) is 0.864. The molecule has 0 aromatic rings. The monoisotopic (exact) mass is 238 g/mol. The van der Waals surface area contributed by atoms with Crippen molar-refractivity contribution in [1.29, 1.82) is 0 Å². The molecule has 0 saturated heterocycles. The van der Waals surface area contributed by atoms with Crippen LogP contribution in [-0.4, -0.2) is 16.8 Å². The standard InChI is InChI=1S/C9H19BrS/c1-4-11-7-5-6-9(2,3)8-10/h4-8H2,1-3H3. The maximum absolute atomic E-state index is 3.53. The van der Waals surface area contributed by atoms with Crippen LogP contribution in [-0.2, 0) is 0 Å². The van der Waals surface area contributed by atoms with Crippen LogP contribution in [0.25, 0.3) is 0 Å². The van der Waals surface area contributed by atoms with E-state index in [1.54, 1.807) is 0 Å². The zero-order valence-electron chi connectivity index (χ0n) is 7.82. The van der Waals surface area contributed by atoms with E-state index in [2.05, 4.69) is 36.7 Å². The van der Waals surface area contributed by atoms with Crippen LogP contribution in [0.5, 0.6) is 0 Å². The second-order valence-corrected chi connectivity index (χ2v) is 5.55. The van der Waals surface area contributed by atoms with Gasteiger partial charge >= 0.3 is 0 Å². The van der Waals surface area contributed by atoms with Crippen molar-refractivity contribution >= 4 is 27.7 Å². The van der Waals surface area contributed by atoms with Crippen molar-refractivity contribution < 1.29 is 0 Å². The minimum absolute atomic E-state index is 0.494. The highest BCUT2D eigenvalue weighted by Gasteiger charge is 2.14. The van der Waals surface area contributed by atoms with Gasteiger partial charge in [-0.05, 0) is 29.8 Å². The van der Waals surface area contributed by atoms with E-state index >= 15 is 0 Å². The van der Waals surface area contributed by atoms with Crippen molar-refractivity contribution in [2.75, 3.05) is 16.8 Å². The Labute approximate surface area is 83.6 Å². The molecule has 0 nitrogen and oxygen atoms in total. The lowest BCUT2D eigenvalue weighted by Crippen LogP contribution is -2.12. The molecule has 0 fully saturated rings. The summed E-state index contributed by atoms with van der Waals surface area (Å²) < 4.78 is 0. The van der Waals surface area contributed by atoms with Gasteiger partial charge in [-0.3, -0.25) is 0 Å². The fraction of sp³-hybridized carbons (Fsp3) is 1.00. The lowest BCUT2D eigenvalue weighted by molar-refractivity contribution is 0.387. The van der Waals surface area contributed by atoms with Crippen LogP contribution in [0.4, 0.5) is 0 Å². The maximum atomic E-state index is 3.53. The lowest BCUT2D eigenvalue weighted by atomic mass is 9.91. The molecule has 0 radical (unpaired) electrons. The van der Waals surface area contributed by atoms with Crippen LogP contribution in [0.15, 0.2) is 0 Å². The molecule has 68 valence electrons. The molecule has 0 N–H and O–H groups in total. The quantitative estimate of drug-likeness (QED) is 0.499. The zero-order chi connectivity index (χ0) is 8.74. The molecule has 0 spiro atoms. The van der Waals surface area contributed by atoms with Crippen molar-refractivity contribution in [1.82, 2.24) is 0 Å². The first kappa shape index (κ1) is 11.8. The molecule has 0 heterocycles. The maximum Gasteiger partial charge on any atom is 0.00826 e. The van der Waals surface area contributed by atoms with Gasteiger partial charge in [0.05, 0.1) is 0 Å². The minimum Gasteiger partial charge on any atom is -0.162 e. The van der Waals surface area contributed by atoms with Crippen LogP contribution in [0, 0.1) is 5.41 Å². The van der Waals surface area contributed by atoms with E-state index in [1.807, 2.05) is 11.8 Å². The average Bonchev–Trinajstić information content (AvgIpc) is 1.99. The van der Waals surface area contributed by atoms with Crippen LogP contribution < -0.4 is 0 Å². The van der Waals surface area contributed by atoms with E-state index in [1.165, 1.54) is 24.3 Å². The first-order valence-corrected chi connectivity index (χ1v) is 6.53. The van der Waals surface area contributed by atoms with Crippen LogP contribution in [0.1, 0.15) is 33.6 Å². The SMILES string of the molecule is CCSCCCC(C)(C)CBr. The van der Waals surface area contributed by atoms with Crippen molar-refractivity contribution in [2.24, 2.45) is 5.41 Å². The van der Waals surface area contributed by atoms with Gasteiger partial charge in [0.1, 0.15) is 0 Å². The summed E-state index contributed by atoms with van der Waals surface area (Å²) in [5.41, 5.74) is 0.494. The summed E-state index contributed by atoms with van der Waals surface area (Å²) in [5, 5.41) is 1.12. The van der Waals surface area contributed by atoms with E-state index in [0.29, 0.717) is 5.41 Å². The smallest absolute Gasteiger partial charge is 0.00826 e. The van der Waals surface area contributed by atoms with Crippen LogP contribution in [0.2, 0.25) is 0 Å². The molecule has 0 aliphatic rings. The molecule has 0 rings (SSSR count). The van der Waals surface area contributed by atoms with E-state index in [9.17, 15) is 0 Å². The number of halogens is 1. The largest absolute Gasteiger partial charge is 0.162 e. The Hall–Kier alpha value is 0.830. The summed E-state index contributed by atoms with van der Waals surface area (Å²) in [5.74, 6) is 2.58. The van der Waals surface area contributed by atoms with Gasteiger partial charge in [-0.15, -0.1) is 0 Å². The summed E-state index contributed by atoms with van der Waals surface area (Å²) in [6, 6.07) is 0. The first-order valence-electron chi connectivity index (χ1n) is 4.26. The van der Waals surface area contributed by atoms with Crippen molar-refractivity contribution in [3.05, 3.63) is 0 Å². The molecule has 0 aliphatic carbocycles. The zero-order valence-corrected chi connectivity index (χ0v) is 10.2. The van der Waals surface area contributed by atoms with Crippen LogP contribution in [0.3, 0.4) is 0 Å². The third kappa shape index (κ3) is 7.20. The molecular weight excluding hydrogens is 220 g/mol. The van der Waals surface area contributed by atoms with Gasteiger partial charge < -0.3 is 0 Å². The molecule has 0 amide bonds. The highest BCUT2D eigenvalue weighted by Crippen LogP contribution is 2.25. The van der Waals surface area contributed by atoms with Gasteiger partial charge in [0.25, 0.3) is 0 Å². The lowest BCUT2D eigenvalue weighted by Gasteiger charge is -2.20. The number of rotatable bonds is 6. The van der Waals surface area contributed by atoms with Gasteiger partial charge in [-0.1, -0.05) is 36.7 Å². The molecule has 0 saturated carbocycles. The van der Waals surface area contributed by atoms with Crippen molar-refractivity contribution in [3.8, 4) is 0 Å². The predicted octanol–water partition coefficient (Wildman–Crippen LogP) is 3.94. The minimum atomic E-state index is 0.494. The highest BCUT2D eigenvalue weighted by atomic mass is 79.9. The first-order chi connectivity index (χ1) is 5.12. The Balaban J connectivity index is 3.23. The molecule has 11 heavy (non-hydrogen) atoms. The molecule has 0 aliphatic heterocycles. The Morgan fingerprint density at radius 3 is 2.45 bits per heavy atom. The van der Waals surface area contributed by atoms with Gasteiger partial charge in [0.15, 0.2) is 0 Å². The summed E-state index contributed by atoms with van der Waals surface area (Å²) in [7, 11) is 0. The van der Waals surface area contributed by atoms with Gasteiger partial charge in [-0.2, -0.15) is 11.8 Å². The predicted molar refractivity (Wildman–Crippen MR) is 59.8 cm³/mol. The second-order valence-electron chi connectivity index (χ2n) is 3.60. The molecule has 0 aromatic carbocycles. The molecule has 0 atom stereocenters. The van der Waals surface area contributed by atoms with Crippen LogP contribution >= 0.6 is 27.7 Å². The van der Waals surface area contributed by atoms with Crippen molar-refractivity contribution in [2.45, 2.75) is 33.6 Å². The van der Waals surface area contributed by atoms with Crippen molar-refractivity contribution in [3.63, 3.8) is 0 Å². The highest BCUT2D eigenvalue weighted by molar-refractivity contribution is 9.09. The molecule has 0 unspecified atom stereocenters. The topological polar surface area (TPSA) is 0 Å². The van der Waals surface area contributed by atoms with E-state index < -0.39 is 0 Å². The van der Waals surface area contributed by atoms with E-state index in [-0.39, 0.29) is 0 Å². The number of hydrogen-bond donors (Lipinski definition) is 0. The number of thioether (sulfide) groups is 1. The molecular formula is C9H19BrS. The Morgan fingerprint density at radius 1 is 1.36 bits per heavy atom. The average molecular weight is 239 g/mol. The summed E-state index contributed by atoms with van der Waals surface area (Å²) in [4.78, 5) is 0. The van der Waals surface area contributed by atoms with Gasteiger partial charge in [0, 0.05) is 5.33 Å². The van der Waals surface area contributed by atoms with Gasteiger partial charge in [0.2, 0.25) is 0 Å². The third-order valence-corrected chi connectivity index (χ3v) is 4.21. The Kier molecular flexibility index (Phi) is 6.84. The fourth-order valence-corrected chi connectivity index (χ4v) is 1.78.